The zero-order valence-electron chi connectivity index (χ0n) is 12.1. The summed E-state index contributed by atoms with van der Waals surface area (Å²) in [6.45, 7) is 0. The van der Waals surface area contributed by atoms with Crippen LogP contribution in [0, 0.1) is 0 Å². The molecule has 0 saturated heterocycles. The molecule has 0 aliphatic rings. The molecule has 0 fully saturated rings. The molecule has 0 unspecified atom stereocenters. The largest absolute Gasteiger partial charge is 0.306 e. The lowest BCUT2D eigenvalue weighted by Gasteiger charge is -2.01. The van der Waals surface area contributed by atoms with E-state index < -0.39 is 0 Å². The number of hydrazone groups is 1. The van der Waals surface area contributed by atoms with Gasteiger partial charge in [0.25, 0.3) is 0 Å². The van der Waals surface area contributed by atoms with Crippen molar-refractivity contribution in [2.75, 3.05) is 5.43 Å². The molecule has 0 atom stereocenters. The monoisotopic (exact) mass is 319 g/mol. The van der Waals surface area contributed by atoms with Gasteiger partial charge in [0, 0.05) is 18.1 Å². The van der Waals surface area contributed by atoms with Gasteiger partial charge in [0.15, 0.2) is 0 Å². The summed E-state index contributed by atoms with van der Waals surface area (Å²) in [4.78, 5) is 8.52. The van der Waals surface area contributed by atoms with E-state index in [1.807, 2.05) is 53.2 Å². The number of fused-ring (bicyclic) bond motifs is 1. The molecule has 2 aromatic carbocycles. The second kappa shape index (κ2) is 6.02. The van der Waals surface area contributed by atoms with E-state index in [0.717, 1.165) is 26.6 Å². The zero-order valence-corrected chi connectivity index (χ0v) is 12.9. The van der Waals surface area contributed by atoms with E-state index in [9.17, 15) is 0 Å². The minimum atomic E-state index is 0.789. The number of benzene rings is 2. The Morgan fingerprint density at radius 2 is 1.96 bits per heavy atom. The number of rotatable bonds is 4. The average molecular weight is 319 g/mol. The molecule has 0 spiro atoms. The molecule has 6 heteroatoms. The maximum Gasteiger partial charge on any atom is 0.204 e. The maximum absolute atomic E-state index is 4.48. The van der Waals surface area contributed by atoms with E-state index in [1.165, 1.54) is 0 Å². The van der Waals surface area contributed by atoms with Crippen molar-refractivity contribution in [1.29, 1.82) is 0 Å². The zero-order chi connectivity index (χ0) is 15.5. The number of thiazole rings is 1. The highest BCUT2D eigenvalue weighted by Gasteiger charge is 2.00. The summed E-state index contributed by atoms with van der Waals surface area (Å²) >= 11 is 1.59. The Morgan fingerprint density at radius 1 is 1.09 bits per heavy atom. The summed E-state index contributed by atoms with van der Waals surface area (Å²) < 4.78 is 3.11. The van der Waals surface area contributed by atoms with Gasteiger partial charge in [-0.2, -0.15) is 5.10 Å². The molecule has 2 aromatic heterocycles. The van der Waals surface area contributed by atoms with E-state index >= 15 is 0 Å². The van der Waals surface area contributed by atoms with Crippen LogP contribution in [0.1, 0.15) is 5.56 Å². The molecular formula is C17H13N5S. The van der Waals surface area contributed by atoms with Crippen molar-refractivity contribution in [3.05, 3.63) is 72.8 Å². The Morgan fingerprint density at radius 3 is 2.74 bits per heavy atom. The SMILES string of the molecule is C(=N\Nc1nc2ccccc2s1)/c1ccc(-n2ccnc2)cc1. The summed E-state index contributed by atoms with van der Waals surface area (Å²) in [5, 5.41) is 5.04. The van der Waals surface area contributed by atoms with Gasteiger partial charge >= 0.3 is 0 Å². The third-order valence-corrected chi connectivity index (χ3v) is 4.30. The molecule has 112 valence electrons. The molecule has 0 aliphatic carbocycles. The first kappa shape index (κ1) is 13.7. The van der Waals surface area contributed by atoms with Gasteiger partial charge < -0.3 is 4.57 Å². The van der Waals surface area contributed by atoms with Gasteiger partial charge in [-0.05, 0) is 29.8 Å². The highest BCUT2D eigenvalue weighted by Crippen LogP contribution is 2.25. The lowest BCUT2D eigenvalue weighted by atomic mass is 10.2. The van der Waals surface area contributed by atoms with Crippen LogP contribution >= 0.6 is 11.3 Å². The van der Waals surface area contributed by atoms with Crippen LogP contribution in [-0.4, -0.2) is 20.7 Å². The van der Waals surface area contributed by atoms with E-state index in [4.69, 9.17) is 0 Å². The molecule has 0 aliphatic heterocycles. The lowest BCUT2D eigenvalue weighted by molar-refractivity contribution is 1.06. The van der Waals surface area contributed by atoms with E-state index in [0.29, 0.717) is 0 Å². The number of nitrogens with zero attached hydrogens (tertiary/aromatic N) is 4. The van der Waals surface area contributed by atoms with Gasteiger partial charge in [-0.25, -0.2) is 9.97 Å². The Bertz CT molecular complexity index is 906. The number of nitrogens with one attached hydrogen (secondary N) is 1. The fourth-order valence-corrected chi connectivity index (χ4v) is 3.04. The van der Waals surface area contributed by atoms with Gasteiger partial charge in [-0.3, -0.25) is 5.43 Å². The molecular weight excluding hydrogens is 306 g/mol. The number of hydrogen-bond acceptors (Lipinski definition) is 5. The summed E-state index contributed by atoms with van der Waals surface area (Å²) in [5.74, 6) is 0. The summed E-state index contributed by atoms with van der Waals surface area (Å²) in [6.07, 6.45) is 7.23. The molecule has 2 heterocycles. The molecule has 0 amide bonds. The Labute approximate surface area is 137 Å². The maximum atomic E-state index is 4.48. The summed E-state index contributed by atoms with van der Waals surface area (Å²) in [7, 11) is 0. The molecule has 5 nitrogen and oxygen atoms in total. The van der Waals surface area contributed by atoms with Crippen molar-refractivity contribution in [3.63, 3.8) is 0 Å². The molecule has 4 aromatic rings. The molecule has 0 saturated carbocycles. The van der Waals surface area contributed by atoms with Crippen LogP contribution in [0.15, 0.2) is 72.4 Å². The van der Waals surface area contributed by atoms with Gasteiger partial charge in [-0.15, -0.1) is 0 Å². The van der Waals surface area contributed by atoms with Crippen LogP contribution in [-0.2, 0) is 0 Å². The van der Waals surface area contributed by atoms with Crippen LogP contribution in [0.25, 0.3) is 15.9 Å². The summed E-state index contributed by atoms with van der Waals surface area (Å²) in [5.41, 5.74) is 6.06. The second-order valence-electron chi connectivity index (χ2n) is 4.92. The highest BCUT2D eigenvalue weighted by molar-refractivity contribution is 7.22. The quantitative estimate of drug-likeness (QED) is 0.458. The standard InChI is InChI=1S/C17H13N5S/c1-2-4-16-15(3-1)20-17(23-16)21-19-11-13-5-7-14(8-6-13)22-10-9-18-12-22/h1-12H,(H,20,21)/b19-11+. The first-order valence-corrected chi connectivity index (χ1v) is 7.93. The molecule has 23 heavy (non-hydrogen) atoms. The fourth-order valence-electron chi connectivity index (χ4n) is 2.23. The van der Waals surface area contributed by atoms with Crippen molar-refractivity contribution in [1.82, 2.24) is 14.5 Å². The smallest absolute Gasteiger partial charge is 0.204 e. The minimum Gasteiger partial charge on any atom is -0.306 e. The van der Waals surface area contributed by atoms with Crippen molar-refractivity contribution in [2.24, 2.45) is 5.10 Å². The van der Waals surface area contributed by atoms with Crippen LogP contribution in [0.5, 0.6) is 0 Å². The van der Waals surface area contributed by atoms with Gasteiger partial charge in [0.2, 0.25) is 5.13 Å². The summed E-state index contributed by atoms with van der Waals surface area (Å²) in [6, 6.07) is 16.1. The van der Waals surface area contributed by atoms with Crippen LogP contribution < -0.4 is 5.43 Å². The van der Waals surface area contributed by atoms with E-state index in [1.54, 1.807) is 30.1 Å². The van der Waals surface area contributed by atoms with Crippen molar-refractivity contribution >= 4 is 32.9 Å². The minimum absolute atomic E-state index is 0.789. The van der Waals surface area contributed by atoms with Crippen LogP contribution in [0.4, 0.5) is 5.13 Å². The fraction of sp³-hybridized carbons (Fsp3) is 0. The Hall–Kier alpha value is -2.99. The molecule has 4 rings (SSSR count). The second-order valence-corrected chi connectivity index (χ2v) is 5.95. The first-order chi connectivity index (χ1) is 11.4. The average Bonchev–Trinajstić information content (AvgIpc) is 3.25. The van der Waals surface area contributed by atoms with Gasteiger partial charge in [0.1, 0.15) is 0 Å². The molecule has 0 radical (unpaired) electrons. The van der Waals surface area contributed by atoms with Crippen molar-refractivity contribution in [2.45, 2.75) is 0 Å². The lowest BCUT2D eigenvalue weighted by Crippen LogP contribution is -1.92. The molecule has 1 N–H and O–H groups in total. The third kappa shape index (κ3) is 2.97. The highest BCUT2D eigenvalue weighted by atomic mass is 32.1. The number of para-hydroxylation sites is 1. The Kier molecular flexibility index (Phi) is 3.57. The van der Waals surface area contributed by atoms with Crippen molar-refractivity contribution < 1.29 is 0 Å². The van der Waals surface area contributed by atoms with Gasteiger partial charge in [-0.1, -0.05) is 35.6 Å². The molecule has 0 bridgehead atoms. The van der Waals surface area contributed by atoms with E-state index in [-0.39, 0.29) is 0 Å². The first-order valence-electron chi connectivity index (χ1n) is 7.11. The number of imidazole rings is 1. The Balaban J connectivity index is 1.46. The predicted octanol–water partition coefficient (Wildman–Crippen LogP) is 3.93. The predicted molar refractivity (Wildman–Crippen MR) is 94.4 cm³/mol. The normalized spacial score (nSPS) is 11.3. The third-order valence-electron chi connectivity index (χ3n) is 3.36. The van der Waals surface area contributed by atoms with Crippen LogP contribution in [0.2, 0.25) is 0 Å². The topological polar surface area (TPSA) is 55.1 Å². The van der Waals surface area contributed by atoms with Gasteiger partial charge in [0.05, 0.1) is 22.8 Å². The van der Waals surface area contributed by atoms with Crippen molar-refractivity contribution in [3.8, 4) is 5.69 Å². The van der Waals surface area contributed by atoms with Crippen LogP contribution in [0.3, 0.4) is 0 Å². The number of hydrogen-bond donors (Lipinski definition) is 1. The number of aromatic nitrogens is 3. The number of anilines is 1. The van der Waals surface area contributed by atoms with E-state index in [2.05, 4.69) is 26.6 Å².